The van der Waals surface area contributed by atoms with E-state index in [9.17, 15) is 0 Å². The summed E-state index contributed by atoms with van der Waals surface area (Å²) in [6, 6.07) is 65.1. The number of aromatic nitrogens is 4. The molecule has 264 valence electrons. The molecule has 0 saturated carbocycles. The molecule has 5 nitrogen and oxygen atoms in total. The van der Waals surface area contributed by atoms with Gasteiger partial charge in [0.05, 0.1) is 44.4 Å². The Hall–Kier alpha value is -7.76. The number of para-hydroxylation sites is 3. The van der Waals surface area contributed by atoms with E-state index in [2.05, 4.69) is 155 Å². The minimum absolute atomic E-state index is 0.640. The maximum atomic E-state index is 6.29. The number of ether oxygens (including phenoxy) is 1. The number of fused-ring (bicyclic) bond motifs is 11. The van der Waals surface area contributed by atoms with Crippen molar-refractivity contribution in [1.82, 2.24) is 19.1 Å². The topological polar surface area (TPSA) is 44.9 Å². The third kappa shape index (κ3) is 4.28. The highest BCUT2D eigenvalue weighted by Crippen LogP contribution is 2.46. The van der Waals surface area contributed by atoms with Crippen LogP contribution in [0.4, 0.5) is 0 Å². The fourth-order valence-corrected chi connectivity index (χ4v) is 9.39. The van der Waals surface area contributed by atoms with Crippen molar-refractivity contribution in [2.45, 2.75) is 0 Å². The Balaban J connectivity index is 1.01. The highest BCUT2D eigenvalue weighted by atomic mass is 16.5. The van der Waals surface area contributed by atoms with Crippen LogP contribution >= 0.6 is 0 Å². The monoisotopic (exact) mass is 726 g/mol. The molecule has 4 heterocycles. The molecule has 0 aliphatic carbocycles. The second kappa shape index (κ2) is 11.4. The zero-order chi connectivity index (χ0) is 37.2. The van der Waals surface area contributed by atoms with Gasteiger partial charge in [0.25, 0.3) is 0 Å². The molecule has 1 aliphatic rings. The number of benzene rings is 9. The summed E-state index contributed by atoms with van der Waals surface area (Å²) < 4.78 is 11.0. The van der Waals surface area contributed by atoms with E-state index < -0.39 is 0 Å². The molecule has 0 atom stereocenters. The molecule has 57 heavy (non-hydrogen) atoms. The van der Waals surface area contributed by atoms with Gasteiger partial charge in [-0.05, 0) is 94.0 Å². The maximum Gasteiger partial charge on any atom is 0.235 e. The van der Waals surface area contributed by atoms with Crippen molar-refractivity contribution in [2.24, 2.45) is 0 Å². The molecule has 13 rings (SSSR count). The average molecular weight is 727 g/mol. The minimum Gasteiger partial charge on any atom is -0.456 e. The van der Waals surface area contributed by atoms with Crippen LogP contribution < -0.4 is 4.74 Å². The van der Waals surface area contributed by atoms with Gasteiger partial charge in [0.15, 0.2) is 0 Å². The van der Waals surface area contributed by atoms with Gasteiger partial charge >= 0.3 is 0 Å². The lowest BCUT2D eigenvalue weighted by Gasteiger charge is -2.20. The van der Waals surface area contributed by atoms with Gasteiger partial charge in [-0.1, -0.05) is 115 Å². The SMILES string of the molecule is c1ccc2c(c1)Oc1cccc3nc(-n4c5ccccc5c5cc(-c6ccc7c(c6)c6ccccc6n7-c6cc7ccccc7c7ccccc67)ccc54)nc-2c13. The molecule has 1 aliphatic heterocycles. The molecule has 0 spiro atoms. The molecule has 0 bridgehead atoms. The second-order valence-electron chi connectivity index (χ2n) is 15.0. The first-order chi connectivity index (χ1) is 28.3. The summed E-state index contributed by atoms with van der Waals surface area (Å²) in [5, 5.41) is 10.7. The van der Waals surface area contributed by atoms with Gasteiger partial charge in [-0.3, -0.25) is 4.57 Å². The van der Waals surface area contributed by atoms with E-state index in [1.54, 1.807) is 0 Å². The van der Waals surface area contributed by atoms with Gasteiger partial charge in [0.2, 0.25) is 5.95 Å². The Kier molecular flexibility index (Phi) is 6.10. The summed E-state index contributed by atoms with van der Waals surface area (Å²) in [6.07, 6.45) is 0. The number of hydrogen-bond donors (Lipinski definition) is 0. The van der Waals surface area contributed by atoms with Crippen LogP contribution in [0.15, 0.2) is 182 Å². The van der Waals surface area contributed by atoms with Gasteiger partial charge < -0.3 is 9.30 Å². The van der Waals surface area contributed by atoms with Crippen LogP contribution in [0.3, 0.4) is 0 Å². The van der Waals surface area contributed by atoms with Gasteiger partial charge in [-0.2, -0.15) is 0 Å². The highest BCUT2D eigenvalue weighted by molar-refractivity contribution is 6.16. The van der Waals surface area contributed by atoms with E-state index in [1.165, 1.54) is 54.6 Å². The van der Waals surface area contributed by atoms with Gasteiger partial charge in [-0.25, -0.2) is 9.97 Å². The van der Waals surface area contributed by atoms with Crippen molar-refractivity contribution in [2.75, 3.05) is 0 Å². The summed E-state index contributed by atoms with van der Waals surface area (Å²) in [7, 11) is 0. The molecule has 0 unspecified atom stereocenters. The third-order valence-corrected chi connectivity index (χ3v) is 11.9. The molecular formula is C52H30N4O. The smallest absolute Gasteiger partial charge is 0.235 e. The number of rotatable bonds is 3. The molecule has 9 aromatic carbocycles. The molecule has 12 aromatic rings. The van der Waals surface area contributed by atoms with Gasteiger partial charge in [-0.15, -0.1) is 0 Å². The fourth-order valence-electron chi connectivity index (χ4n) is 9.39. The zero-order valence-electron chi connectivity index (χ0n) is 30.5. The molecule has 5 heteroatoms. The molecule has 3 aromatic heterocycles. The summed E-state index contributed by atoms with van der Waals surface area (Å²) in [5.41, 5.74) is 10.7. The summed E-state index contributed by atoms with van der Waals surface area (Å²) in [4.78, 5) is 10.5. The summed E-state index contributed by atoms with van der Waals surface area (Å²) in [5.74, 6) is 2.23. The molecule has 0 fully saturated rings. The Morgan fingerprint density at radius 2 is 0.965 bits per heavy atom. The quantitative estimate of drug-likeness (QED) is 0.170. The van der Waals surface area contributed by atoms with Crippen molar-refractivity contribution in [1.29, 1.82) is 0 Å². The summed E-state index contributed by atoms with van der Waals surface area (Å²) >= 11 is 0. The van der Waals surface area contributed by atoms with Crippen LogP contribution in [0.25, 0.3) is 110 Å². The van der Waals surface area contributed by atoms with Crippen LogP contribution in [0.2, 0.25) is 0 Å². The largest absolute Gasteiger partial charge is 0.456 e. The first-order valence-electron chi connectivity index (χ1n) is 19.3. The standard InChI is InChI=1S/C52H30N4O/c1-2-13-34-33(12-1)30-47(36-15-4-3-14-35(34)36)55-43-20-8-5-16-37(43)40-28-31(24-26-45(40)55)32-25-27-46-41(29-32)38-17-6-9-21-44(38)56(46)52-53-42-19-11-23-49-50(42)51(54-52)39-18-7-10-22-48(39)57-49/h1-30H. The van der Waals surface area contributed by atoms with Crippen molar-refractivity contribution in [3.05, 3.63) is 182 Å². The molecule has 0 radical (unpaired) electrons. The minimum atomic E-state index is 0.640. The predicted molar refractivity (Wildman–Crippen MR) is 234 cm³/mol. The normalized spacial score (nSPS) is 12.4. The lowest BCUT2D eigenvalue weighted by atomic mass is 9.99. The fraction of sp³-hybridized carbons (Fsp3) is 0. The van der Waals surface area contributed by atoms with Crippen LogP contribution in [0.1, 0.15) is 0 Å². The van der Waals surface area contributed by atoms with Gasteiger partial charge in [0, 0.05) is 32.5 Å². The second-order valence-corrected chi connectivity index (χ2v) is 15.0. The lowest BCUT2D eigenvalue weighted by Crippen LogP contribution is -2.06. The van der Waals surface area contributed by atoms with E-state index in [4.69, 9.17) is 14.7 Å². The molecule has 0 N–H and O–H groups in total. The van der Waals surface area contributed by atoms with E-state index in [1.807, 2.05) is 36.4 Å². The van der Waals surface area contributed by atoms with E-state index in [-0.39, 0.29) is 0 Å². The van der Waals surface area contributed by atoms with Crippen LogP contribution in [-0.4, -0.2) is 19.1 Å². The highest BCUT2D eigenvalue weighted by Gasteiger charge is 2.25. The first-order valence-corrected chi connectivity index (χ1v) is 19.3. The Bertz CT molecular complexity index is 3690. The van der Waals surface area contributed by atoms with Gasteiger partial charge in [0.1, 0.15) is 11.5 Å². The average Bonchev–Trinajstić information content (AvgIpc) is 3.78. The first kappa shape index (κ1) is 30.6. The Morgan fingerprint density at radius 1 is 0.386 bits per heavy atom. The Morgan fingerprint density at radius 3 is 1.74 bits per heavy atom. The van der Waals surface area contributed by atoms with Crippen molar-refractivity contribution >= 4 is 76.1 Å². The van der Waals surface area contributed by atoms with E-state index in [0.717, 1.165) is 61.0 Å². The van der Waals surface area contributed by atoms with E-state index in [0.29, 0.717) is 5.95 Å². The van der Waals surface area contributed by atoms with E-state index >= 15 is 0 Å². The summed E-state index contributed by atoms with van der Waals surface area (Å²) in [6.45, 7) is 0. The maximum absolute atomic E-state index is 6.29. The Labute approximate surface area is 326 Å². The third-order valence-electron chi connectivity index (χ3n) is 11.9. The molecule has 0 amide bonds. The van der Waals surface area contributed by atoms with Crippen LogP contribution in [0.5, 0.6) is 11.5 Å². The lowest BCUT2D eigenvalue weighted by molar-refractivity contribution is 0.486. The number of nitrogens with zero attached hydrogens (tertiary/aromatic N) is 4. The van der Waals surface area contributed by atoms with Crippen LogP contribution in [0, 0.1) is 0 Å². The predicted octanol–water partition coefficient (Wildman–Crippen LogP) is 13.6. The zero-order valence-corrected chi connectivity index (χ0v) is 30.5. The van der Waals surface area contributed by atoms with Crippen LogP contribution in [-0.2, 0) is 0 Å². The molecule has 0 saturated heterocycles. The van der Waals surface area contributed by atoms with Crippen molar-refractivity contribution in [3.63, 3.8) is 0 Å². The van der Waals surface area contributed by atoms with Crippen molar-refractivity contribution in [3.8, 4) is 45.5 Å². The number of hydrogen-bond acceptors (Lipinski definition) is 3. The molecular weight excluding hydrogens is 697 g/mol. The van der Waals surface area contributed by atoms with Crippen molar-refractivity contribution < 1.29 is 4.74 Å².